The van der Waals surface area contributed by atoms with E-state index in [4.69, 9.17) is 4.98 Å². The molecule has 1 aromatic carbocycles. The molecule has 0 radical (unpaired) electrons. The van der Waals surface area contributed by atoms with E-state index in [1.54, 1.807) is 0 Å². The molecule has 186 valence electrons. The number of nitrogens with one attached hydrogen (secondary N) is 1. The fourth-order valence-corrected chi connectivity index (χ4v) is 5.80. The number of aryl methyl sites for hydroxylation is 1. The van der Waals surface area contributed by atoms with E-state index in [0.29, 0.717) is 25.2 Å². The van der Waals surface area contributed by atoms with Gasteiger partial charge in [-0.05, 0) is 44.2 Å². The molecule has 6 heteroatoms. The molecule has 34 heavy (non-hydrogen) atoms. The number of hydrogen-bond donors (Lipinski definition) is 1. The van der Waals surface area contributed by atoms with Gasteiger partial charge in [0.25, 0.3) is 0 Å². The second kappa shape index (κ2) is 11.9. The summed E-state index contributed by atoms with van der Waals surface area (Å²) in [6.45, 7) is 4.81. The smallest absolute Gasteiger partial charge is 0.243 e. The summed E-state index contributed by atoms with van der Waals surface area (Å²) < 4.78 is 2.14. The molecule has 0 saturated heterocycles. The van der Waals surface area contributed by atoms with E-state index in [9.17, 15) is 9.59 Å². The Morgan fingerprint density at radius 2 is 1.62 bits per heavy atom. The predicted molar refractivity (Wildman–Crippen MR) is 136 cm³/mol. The van der Waals surface area contributed by atoms with Crippen molar-refractivity contribution in [2.75, 3.05) is 6.54 Å². The standard InChI is InChI=1S/C28H42N4O2/c1-21(2)28(34)29-19-11-18-26-30-24-16-9-10-17-25(24)31(26)20-27(33)32(22-12-5-3-6-13-22)23-14-7-4-8-15-23/h9-10,16-17,21-23H,3-8,11-15,18-20H2,1-2H3,(H,29,34). The van der Waals surface area contributed by atoms with Crippen LogP contribution in [0.4, 0.5) is 0 Å². The SMILES string of the molecule is CC(C)C(=O)NCCCc1nc2ccccc2n1CC(=O)N(C1CCCCC1)C1CCCCC1. The molecule has 0 spiro atoms. The van der Waals surface area contributed by atoms with Crippen LogP contribution in [-0.4, -0.2) is 44.9 Å². The van der Waals surface area contributed by atoms with Gasteiger partial charge in [-0.25, -0.2) is 4.98 Å². The molecule has 1 aromatic heterocycles. The Morgan fingerprint density at radius 3 is 2.24 bits per heavy atom. The number of nitrogens with zero attached hydrogens (tertiary/aromatic N) is 3. The van der Waals surface area contributed by atoms with Crippen molar-refractivity contribution in [1.82, 2.24) is 19.8 Å². The maximum atomic E-state index is 13.9. The quantitative estimate of drug-likeness (QED) is 0.514. The van der Waals surface area contributed by atoms with Gasteiger partial charge in [-0.3, -0.25) is 9.59 Å². The lowest BCUT2D eigenvalue weighted by atomic mass is 9.88. The van der Waals surface area contributed by atoms with Crippen LogP contribution >= 0.6 is 0 Å². The van der Waals surface area contributed by atoms with Crippen LogP contribution in [0.2, 0.25) is 0 Å². The molecule has 2 amide bonds. The average Bonchev–Trinajstić information content (AvgIpc) is 3.20. The molecule has 2 fully saturated rings. The molecule has 0 unspecified atom stereocenters. The molecule has 1 heterocycles. The highest BCUT2D eigenvalue weighted by Crippen LogP contribution is 2.31. The molecular weight excluding hydrogens is 424 g/mol. The van der Waals surface area contributed by atoms with E-state index in [-0.39, 0.29) is 17.7 Å². The number of fused-ring (bicyclic) bond motifs is 1. The molecule has 2 aliphatic rings. The van der Waals surface area contributed by atoms with Crippen molar-refractivity contribution in [3.63, 3.8) is 0 Å². The number of imidazole rings is 1. The first-order valence-electron chi connectivity index (χ1n) is 13.6. The normalized spacial score (nSPS) is 17.9. The second-order valence-corrected chi connectivity index (χ2v) is 10.5. The Kier molecular flexibility index (Phi) is 8.63. The lowest BCUT2D eigenvalue weighted by molar-refractivity contribution is -0.138. The van der Waals surface area contributed by atoms with Crippen molar-refractivity contribution >= 4 is 22.8 Å². The summed E-state index contributed by atoms with van der Waals surface area (Å²) in [6, 6.07) is 8.93. The third-order valence-corrected chi connectivity index (χ3v) is 7.65. The van der Waals surface area contributed by atoms with Crippen LogP contribution in [-0.2, 0) is 22.6 Å². The molecule has 2 aliphatic carbocycles. The summed E-state index contributed by atoms with van der Waals surface area (Å²) in [4.78, 5) is 33.0. The maximum absolute atomic E-state index is 13.9. The zero-order chi connectivity index (χ0) is 23.9. The lowest BCUT2D eigenvalue weighted by Crippen LogP contribution is -2.50. The molecule has 6 nitrogen and oxygen atoms in total. The third kappa shape index (κ3) is 6.00. The Labute approximate surface area is 204 Å². The Morgan fingerprint density at radius 1 is 1.00 bits per heavy atom. The van der Waals surface area contributed by atoms with Crippen LogP contribution in [0.1, 0.15) is 90.3 Å². The first-order valence-corrected chi connectivity index (χ1v) is 13.6. The van der Waals surface area contributed by atoms with Crippen molar-refractivity contribution in [3.8, 4) is 0 Å². The number of aromatic nitrogens is 2. The molecule has 2 aromatic rings. The highest BCUT2D eigenvalue weighted by molar-refractivity contribution is 5.81. The number of para-hydroxylation sites is 2. The summed E-state index contributed by atoms with van der Waals surface area (Å²) in [5.41, 5.74) is 1.97. The predicted octanol–water partition coefficient (Wildman–Crippen LogP) is 5.24. The minimum Gasteiger partial charge on any atom is -0.356 e. The van der Waals surface area contributed by atoms with E-state index >= 15 is 0 Å². The van der Waals surface area contributed by atoms with Gasteiger partial charge in [-0.1, -0.05) is 64.5 Å². The highest BCUT2D eigenvalue weighted by Gasteiger charge is 2.33. The van der Waals surface area contributed by atoms with E-state index in [1.165, 1.54) is 38.5 Å². The van der Waals surface area contributed by atoms with Crippen LogP contribution in [0, 0.1) is 5.92 Å². The van der Waals surface area contributed by atoms with Gasteiger partial charge in [-0.2, -0.15) is 0 Å². The summed E-state index contributed by atoms with van der Waals surface area (Å²) in [5.74, 6) is 1.28. The highest BCUT2D eigenvalue weighted by atomic mass is 16.2. The zero-order valence-corrected chi connectivity index (χ0v) is 21.1. The number of amides is 2. The third-order valence-electron chi connectivity index (χ3n) is 7.65. The number of benzene rings is 1. The summed E-state index contributed by atoms with van der Waals surface area (Å²) >= 11 is 0. The minimum atomic E-state index is -0.00671. The van der Waals surface area contributed by atoms with Crippen LogP contribution in [0.3, 0.4) is 0 Å². The lowest BCUT2D eigenvalue weighted by Gasteiger charge is -2.42. The molecule has 1 N–H and O–H groups in total. The molecular formula is C28H42N4O2. The van der Waals surface area contributed by atoms with Crippen molar-refractivity contribution in [1.29, 1.82) is 0 Å². The first-order chi connectivity index (χ1) is 16.5. The fraction of sp³-hybridized carbons (Fsp3) is 0.679. The van der Waals surface area contributed by atoms with Crippen LogP contribution in [0.25, 0.3) is 11.0 Å². The van der Waals surface area contributed by atoms with Crippen LogP contribution < -0.4 is 5.32 Å². The molecule has 0 aliphatic heterocycles. The molecule has 0 bridgehead atoms. The van der Waals surface area contributed by atoms with Gasteiger partial charge in [0.1, 0.15) is 12.4 Å². The van der Waals surface area contributed by atoms with E-state index in [0.717, 1.165) is 55.4 Å². The Balaban J connectivity index is 1.52. The van der Waals surface area contributed by atoms with Crippen molar-refractivity contribution < 1.29 is 9.59 Å². The maximum Gasteiger partial charge on any atom is 0.243 e. The Bertz CT molecular complexity index is 936. The number of rotatable bonds is 9. The van der Waals surface area contributed by atoms with E-state index < -0.39 is 0 Å². The summed E-state index contributed by atoms with van der Waals surface area (Å²) in [6.07, 6.45) is 13.7. The van der Waals surface area contributed by atoms with Gasteiger partial charge in [0.15, 0.2) is 0 Å². The molecule has 4 rings (SSSR count). The van der Waals surface area contributed by atoms with E-state index in [1.807, 2.05) is 32.0 Å². The summed E-state index contributed by atoms with van der Waals surface area (Å²) in [7, 11) is 0. The first kappa shape index (κ1) is 24.7. The zero-order valence-electron chi connectivity index (χ0n) is 21.1. The van der Waals surface area contributed by atoms with Gasteiger partial charge in [0.05, 0.1) is 11.0 Å². The minimum absolute atomic E-state index is 0.00671. The topological polar surface area (TPSA) is 67.2 Å². The van der Waals surface area contributed by atoms with Gasteiger partial charge in [0, 0.05) is 31.0 Å². The number of hydrogen-bond acceptors (Lipinski definition) is 3. The van der Waals surface area contributed by atoms with Crippen LogP contribution in [0.5, 0.6) is 0 Å². The molecule has 2 saturated carbocycles. The average molecular weight is 467 g/mol. The monoisotopic (exact) mass is 466 g/mol. The van der Waals surface area contributed by atoms with Gasteiger partial charge in [0.2, 0.25) is 11.8 Å². The van der Waals surface area contributed by atoms with Crippen molar-refractivity contribution in [3.05, 3.63) is 30.1 Å². The largest absolute Gasteiger partial charge is 0.356 e. The van der Waals surface area contributed by atoms with E-state index in [2.05, 4.69) is 20.9 Å². The van der Waals surface area contributed by atoms with Gasteiger partial charge < -0.3 is 14.8 Å². The van der Waals surface area contributed by atoms with Gasteiger partial charge >= 0.3 is 0 Å². The van der Waals surface area contributed by atoms with Crippen molar-refractivity contribution in [2.45, 2.75) is 110 Å². The number of carbonyl (C=O) groups is 2. The number of carbonyl (C=O) groups excluding carboxylic acids is 2. The fourth-order valence-electron chi connectivity index (χ4n) is 5.80. The van der Waals surface area contributed by atoms with Crippen LogP contribution in [0.15, 0.2) is 24.3 Å². The molecule has 0 atom stereocenters. The second-order valence-electron chi connectivity index (χ2n) is 10.5. The van der Waals surface area contributed by atoms with Crippen molar-refractivity contribution in [2.24, 2.45) is 5.92 Å². The summed E-state index contributed by atoms with van der Waals surface area (Å²) in [5, 5.41) is 3.00. The Hall–Kier alpha value is -2.37. The van der Waals surface area contributed by atoms with Gasteiger partial charge in [-0.15, -0.1) is 0 Å².